The Balaban J connectivity index is 2.43. The molecule has 0 aliphatic heterocycles. The first-order chi connectivity index (χ1) is 8.43. The highest BCUT2D eigenvalue weighted by atomic mass is 32.2. The average molecular weight is 288 g/mol. The minimum atomic E-state index is -3.13. The van der Waals surface area contributed by atoms with Gasteiger partial charge in [0.25, 0.3) is 0 Å². The van der Waals surface area contributed by atoms with E-state index in [4.69, 9.17) is 0 Å². The van der Waals surface area contributed by atoms with Crippen molar-refractivity contribution in [2.24, 2.45) is 0 Å². The Morgan fingerprint density at radius 1 is 1.28 bits per heavy atom. The van der Waals surface area contributed by atoms with E-state index in [9.17, 15) is 13.2 Å². The van der Waals surface area contributed by atoms with E-state index in [1.54, 1.807) is 36.0 Å². The van der Waals surface area contributed by atoms with E-state index >= 15 is 0 Å². The molecule has 0 atom stereocenters. The third-order valence-corrected chi connectivity index (χ3v) is 4.50. The van der Waals surface area contributed by atoms with Crippen LogP contribution in [0.25, 0.3) is 0 Å². The van der Waals surface area contributed by atoms with Crippen molar-refractivity contribution in [3.8, 4) is 0 Å². The first-order valence-electron chi connectivity index (χ1n) is 5.43. The molecule has 1 aromatic rings. The molecule has 0 aliphatic rings. The monoisotopic (exact) mass is 288 g/mol. The van der Waals surface area contributed by atoms with Crippen molar-refractivity contribution in [2.45, 2.75) is 22.6 Å². The number of carbonyl (C=O) groups is 1. The minimum Gasteiger partial charge on any atom is -0.469 e. The van der Waals surface area contributed by atoms with Crippen LogP contribution in [-0.4, -0.2) is 33.5 Å². The van der Waals surface area contributed by atoms with Crippen molar-refractivity contribution in [3.05, 3.63) is 24.3 Å². The molecule has 0 fully saturated rings. The van der Waals surface area contributed by atoms with Gasteiger partial charge >= 0.3 is 5.97 Å². The molecule has 0 radical (unpaired) electrons. The van der Waals surface area contributed by atoms with Gasteiger partial charge in [-0.25, -0.2) is 8.42 Å². The maximum Gasteiger partial charge on any atom is 0.305 e. The number of hydrogen-bond donors (Lipinski definition) is 0. The van der Waals surface area contributed by atoms with Gasteiger partial charge in [-0.05, 0) is 36.4 Å². The van der Waals surface area contributed by atoms with E-state index in [2.05, 4.69) is 4.74 Å². The Kier molecular flexibility index (Phi) is 5.68. The van der Waals surface area contributed by atoms with Gasteiger partial charge in [-0.15, -0.1) is 11.8 Å². The SMILES string of the molecule is COC(=O)CCCSc1ccc(S(C)(=O)=O)cc1. The van der Waals surface area contributed by atoms with E-state index < -0.39 is 9.84 Å². The topological polar surface area (TPSA) is 60.4 Å². The zero-order valence-electron chi connectivity index (χ0n) is 10.4. The zero-order valence-corrected chi connectivity index (χ0v) is 12.0. The lowest BCUT2D eigenvalue weighted by atomic mass is 10.3. The second-order valence-electron chi connectivity index (χ2n) is 3.77. The van der Waals surface area contributed by atoms with Crippen LogP contribution in [0.4, 0.5) is 0 Å². The number of benzene rings is 1. The van der Waals surface area contributed by atoms with E-state index in [1.165, 1.54) is 13.4 Å². The van der Waals surface area contributed by atoms with E-state index in [0.29, 0.717) is 11.3 Å². The largest absolute Gasteiger partial charge is 0.469 e. The Labute approximate surface area is 112 Å². The van der Waals surface area contributed by atoms with Crippen molar-refractivity contribution < 1.29 is 17.9 Å². The third kappa shape index (κ3) is 5.10. The van der Waals surface area contributed by atoms with Crippen molar-refractivity contribution in [1.82, 2.24) is 0 Å². The average Bonchev–Trinajstić information content (AvgIpc) is 2.33. The van der Waals surface area contributed by atoms with Crippen LogP contribution in [0.15, 0.2) is 34.1 Å². The van der Waals surface area contributed by atoms with Gasteiger partial charge < -0.3 is 4.74 Å². The zero-order chi connectivity index (χ0) is 13.6. The summed E-state index contributed by atoms with van der Waals surface area (Å²) in [5, 5.41) is 0. The summed E-state index contributed by atoms with van der Waals surface area (Å²) in [5.74, 6) is 0.593. The van der Waals surface area contributed by atoms with Gasteiger partial charge in [-0.1, -0.05) is 0 Å². The molecular weight excluding hydrogens is 272 g/mol. The lowest BCUT2D eigenvalue weighted by Crippen LogP contribution is -2.00. The van der Waals surface area contributed by atoms with Gasteiger partial charge in [0, 0.05) is 17.6 Å². The van der Waals surface area contributed by atoms with Gasteiger partial charge in [0.05, 0.1) is 12.0 Å². The second-order valence-corrected chi connectivity index (χ2v) is 6.96. The van der Waals surface area contributed by atoms with Crippen LogP contribution >= 0.6 is 11.8 Å². The van der Waals surface area contributed by atoms with Crippen LogP contribution in [0.3, 0.4) is 0 Å². The molecule has 0 aliphatic carbocycles. The van der Waals surface area contributed by atoms with Crippen LogP contribution in [0.2, 0.25) is 0 Å². The molecule has 4 nitrogen and oxygen atoms in total. The number of esters is 1. The van der Waals surface area contributed by atoms with Crippen LogP contribution in [0.5, 0.6) is 0 Å². The van der Waals surface area contributed by atoms with Crippen molar-refractivity contribution >= 4 is 27.6 Å². The lowest BCUT2D eigenvalue weighted by Gasteiger charge is -2.03. The summed E-state index contributed by atoms with van der Waals surface area (Å²) < 4.78 is 27.0. The molecule has 0 amide bonds. The number of ether oxygens (including phenoxy) is 1. The Hall–Kier alpha value is -1.01. The molecular formula is C12H16O4S2. The highest BCUT2D eigenvalue weighted by Crippen LogP contribution is 2.21. The molecule has 0 saturated carbocycles. The number of rotatable bonds is 6. The molecule has 0 heterocycles. The number of sulfone groups is 1. The lowest BCUT2D eigenvalue weighted by molar-refractivity contribution is -0.140. The normalized spacial score (nSPS) is 11.2. The number of methoxy groups -OCH3 is 1. The quantitative estimate of drug-likeness (QED) is 0.456. The second kappa shape index (κ2) is 6.80. The standard InChI is InChI=1S/C12H16O4S2/c1-16-12(13)4-3-9-17-10-5-7-11(8-6-10)18(2,14)15/h5-8H,3-4,9H2,1-2H3. The van der Waals surface area contributed by atoms with Gasteiger partial charge in [0.2, 0.25) is 0 Å². The van der Waals surface area contributed by atoms with Crippen molar-refractivity contribution in [1.29, 1.82) is 0 Å². The number of thioether (sulfide) groups is 1. The van der Waals surface area contributed by atoms with Gasteiger partial charge in [0.15, 0.2) is 9.84 Å². The highest BCUT2D eigenvalue weighted by molar-refractivity contribution is 7.99. The summed E-state index contributed by atoms with van der Waals surface area (Å²) in [6.07, 6.45) is 2.33. The van der Waals surface area contributed by atoms with Gasteiger partial charge in [-0.3, -0.25) is 4.79 Å². The maximum atomic E-state index is 11.3. The molecule has 0 spiro atoms. The predicted octanol–water partition coefficient (Wildman–Crippen LogP) is 2.14. The third-order valence-electron chi connectivity index (χ3n) is 2.27. The van der Waals surface area contributed by atoms with E-state index in [0.717, 1.165) is 17.1 Å². The highest BCUT2D eigenvalue weighted by Gasteiger charge is 2.06. The molecule has 18 heavy (non-hydrogen) atoms. The molecule has 0 aromatic heterocycles. The molecule has 1 rings (SSSR count). The first kappa shape index (κ1) is 15.0. The molecule has 0 N–H and O–H groups in total. The fourth-order valence-electron chi connectivity index (χ4n) is 1.29. The fourth-order valence-corrected chi connectivity index (χ4v) is 2.78. The number of carbonyl (C=O) groups excluding carboxylic acids is 1. The molecule has 100 valence electrons. The van der Waals surface area contributed by atoms with Crippen LogP contribution in [0, 0.1) is 0 Å². The first-order valence-corrected chi connectivity index (χ1v) is 8.31. The van der Waals surface area contributed by atoms with Gasteiger partial charge in [0.1, 0.15) is 0 Å². The van der Waals surface area contributed by atoms with Crippen molar-refractivity contribution in [2.75, 3.05) is 19.1 Å². The Bertz CT molecular complexity index is 491. The van der Waals surface area contributed by atoms with E-state index in [-0.39, 0.29) is 5.97 Å². The summed E-state index contributed by atoms with van der Waals surface area (Å²) in [6.45, 7) is 0. The summed E-state index contributed by atoms with van der Waals surface area (Å²) in [5.41, 5.74) is 0. The summed E-state index contributed by atoms with van der Waals surface area (Å²) in [7, 11) is -1.76. The molecule has 0 bridgehead atoms. The van der Waals surface area contributed by atoms with Crippen LogP contribution < -0.4 is 0 Å². The van der Waals surface area contributed by atoms with Crippen LogP contribution in [-0.2, 0) is 19.4 Å². The van der Waals surface area contributed by atoms with Crippen molar-refractivity contribution in [3.63, 3.8) is 0 Å². The fraction of sp³-hybridized carbons (Fsp3) is 0.417. The summed E-state index contributed by atoms with van der Waals surface area (Å²) >= 11 is 1.59. The number of hydrogen-bond acceptors (Lipinski definition) is 5. The van der Waals surface area contributed by atoms with E-state index in [1.807, 2.05) is 0 Å². The molecule has 1 aromatic carbocycles. The summed E-state index contributed by atoms with van der Waals surface area (Å²) in [6, 6.07) is 6.74. The van der Waals surface area contributed by atoms with Crippen LogP contribution in [0.1, 0.15) is 12.8 Å². The predicted molar refractivity (Wildman–Crippen MR) is 71.5 cm³/mol. The molecule has 0 saturated heterocycles. The Morgan fingerprint density at radius 3 is 2.39 bits per heavy atom. The summed E-state index contributed by atoms with van der Waals surface area (Å²) in [4.78, 5) is 12.2. The molecule has 0 unspecified atom stereocenters. The molecule has 6 heteroatoms. The minimum absolute atomic E-state index is 0.206. The smallest absolute Gasteiger partial charge is 0.305 e. The van der Waals surface area contributed by atoms with Gasteiger partial charge in [-0.2, -0.15) is 0 Å². The Morgan fingerprint density at radius 2 is 1.89 bits per heavy atom. The maximum absolute atomic E-state index is 11.3.